The van der Waals surface area contributed by atoms with Crippen LogP contribution in [0.4, 0.5) is 5.95 Å². The molecule has 0 spiro atoms. The number of amides is 1. The molecule has 1 aromatic heterocycles. The standard InChI is InChI=1S/C24H30N4O/c1-16-14-21-22(15-17(16)2)28(20-8-5-9-20)24(26-21)27-12-10-18(11-13-27)23(29)25-19-6-3-4-7-19/h5,8-9,14-15,18-19H,3-4,6-7,10-13H2,1-2H3,(H,25,29). The lowest BCUT2D eigenvalue weighted by Gasteiger charge is -2.33. The van der Waals surface area contributed by atoms with Gasteiger partial charge in [-0.2, -0.15) is 0 Å². The predicted molar refractivity (Wildman–Crippen MR) is 118 cm³/mol. The lowest BCUT2D eigenvalue weighted by atomic mass is 9.95. The number of hydrogen-bond donors (Lipinski definition) is 1. The van der Waals surface area contributed by atoms with Crippen LogP contribution in [0, 0.1) is 19.8 Å². The van der Waals surface area contributed by atoms with E-state index in [1.807, 2.05) is 0 Å². The van der Waals surface area contributed by atoms with E-state index in [-0.39, 0.29) is 11.8 Å². The zero-order valence-electron chi connectivity index (χ0n) is 17.4. The number of benzene rings is 1. The third-order valence-electron chi connectivity index (χ3n) is 6.89. The van der Waals surface area contributed by atoms with Gasteiger partial charge >= 0.3 is 0 Å². The third-order valence-corrected chi connectivity index (χ3v) is 6.89. The first kappa shape index (κ1) is 18.5. The molecule has 5 rings (SSSR count). The highest BCUT2D eigenvalue weighted by atomic mass is 16.1. The fourth-order valence-electron chi connectivity index (χ4n) is 4.85. The van der Waals surface area contributed by atoms with Crippen LogP contribution >= 0.6 is 0 Å². The molecule has 5 nitrogen and oxygen atoms in total. The van der Waals surface area contributed by atoms with Gasteiger partial charge in [0.2, 0.25) is 11.9 Å². The van der Waals surface area contributed by atoms with Gasteiger partial charge in [-0.25, -0.2) is 4.98 Å². The fraction of sp³-hybridized carbons (Fsp3) is 0.500. The quantitative estimate of drug-likeness (QED) is 0.845. The molecule has 152 valence electrons. The second kappa shape index (κ2) is 7.36. The first-order chi connectivity index (χ1) is 14.1. The molecule has 2 fully saturated rings. The van der Waals surface area contributed by atoms with E-state index in [4.69, 9.17) is 4.98 Å². The fourth-order valence-corrected chi connectivity index (χ4v) is 4.85. The molecule has 1 saturated heterocycles. The summed E-state index contributed by atoms with van der Waals surface area (Å²) in [5.41, 5.74) is 5.96. The molecule has 0 radical (unpaired) electrons. The summed E-state index contributed by atoms with van der Waals surface area (Å²) < 4.78 is 2.28. The molecule has 1 amide bonds. The smallest absolute Gasteiger partial charge is 0.223 e. The highest BCUT2D eigenvalue weighted by Gasteiger charge is 2.30. The first-order valence-electron chi connectivity index (χ1n) is 11.0. The minimum absolute atomic E-state index is 0.136. The number of carbonyl (C=O) groups excluding carboxylic acids is 1. The number of rotatable bonds is 4. The summed E-state index contributed by atoms with van der Waals surface area (Å²) in [5.74, 6) is 1.41. The van der Waals surface area contributed by atoms with E-state index in [1.54, 1.807) is 0 Å². The van der Waals surface area contributed by atoms with Crippen LogP contribution in [0.1, 0.15) is 49.7 Å². The number of nitrogens with zero attached hydrogens (tertiary/aromatic N) is 3. The van der Waals surface area contributed by atoms with Gasteiger partial charge in [-0.15, -0.1) is 0 Å². The van der Waals surface area contributed by atoms with Crippen molar-refractivity contribution in [2.24, 2.45) is 5.92 Å². The molecular formula is C24H30N4O. The van der Waals surface area contributed by atoms with Crippen molar-refractivity contribution in [1.82, 2.24) is 14.9 Å². The van der Waals surface area contributed by atoms with Crippen LogP contribution in [0.2, 0.25) is 0 Å². The molecule has 1 aliphatic heterocycles. The molecule has 3 aliphatic rings. The van der Waals surface area contributed by atoms with Crippen molar-refractivity contribution >= 4 is 28.6 Å². The second-order valence-corrected chi connectivity index (χ2v) is 8.87. The average Bonchev–Trinajstić information content (AvgIpc) is 3.30. The Morgan fingerprint density at radius 3 is 2.41 bits per heavy atom. The molecule has 29 heavy (non-hydrogen) atoms. The Labute approximate surface area is 172 Å². The molecule has 0 atom stereocenters. The lowest BCUT2D eigenvalue weighted by Crippen LogP contribution is -2.43. The summed E-state index contributed by atoms with van der Waals surface area (Å²) in [4.78, 5) is 20.0. The maximum atomic E-state index is 12.7. The minimum atomic E-state index is 0.136. The monoisotopic (exact) mass is 390 g/mol. The molecule has 0 unspecified atom stereocenters. The third kappa shape index (κ3) is 3.37. The minimum Gasteiger partial charge on any atom is -0.353 e. The topological polar surface area (TPSA) is 50.2 Å². The van der Waals surface area contributed by atoms with Gasteiger partial charge in [-0.05, 0) is 74.9 Å². The summed E-state index contributed by atoms with van der Waals surface area (Å²) in [5, 5.41) is 3.29. The summed E-state index contributed by atoms with van der Waals surface area (Å²) in [7, 11) is 0. The van der Waals surface area contributed by atoms with Crippen molar-refractivity contribution < 1.29 is 4.79 Å². The Hall–Kier alpha value is -2.56. The van der Waals surface area contributed by atoms with Crippen molar-refractivity contribution in [2.75, 3.05) is 18.0 Å². The molecular weight excluding hydrogens is 360 g/mol. The van der Waals surface area contributed by atoms with E-state index in [0.29, 0.717) is 6.04 Å². The molecule has 2 heterocycles. The number of aryl methyl sites for hydroxylation is 2. The van der Waals surface area contributed by atoms with Crippen molar-refractivity contribution in [1.29, 1.82) is 0 Å². The summed E-state index contributed by atoms with van der Waals surface area (Å²) in [6, 6.07) is 4.85. The van der Waals surface area contributed by atoms with E-state index in [9.17, 15) is 4.79 Å². The predicted octanol–water partition coefficient (Wildman–Crippen LogP) is 4.34. The summed E-state index contributed by atoms with van der Waals surface area (Å²) in [6.45, 7) is 6.05. The van der Waals surface area contributed by atoms with Crippen molar-refractivity contribution in [3.63, 3.8) is 0 Å². The van der Waals surface area contributed by atoms with E-state index < -0.39 is 0 Å². The van der Waals surface area contributed by atoms with Gasteiger partial charge in [0.1, 0.15) is 0 Å². The Balaban J connectivity index is 1.36. The number of imidazole rings is 1. The number of piperidine rings is 1. The van der Waals surface area contributed by atoms with Crippen LogP contribution in [0.5, 0.6) is 0 Å². The summed E-state index contributed by atoms with van der Waals surface area (Å²) in [6.07, 6.45) is 13.0. The van der Waals surface area contributed by atoms with Crippen LogP contribution < -0.4 is 10.2 Å². The molecule has 5 heteroatoms. The number of aromatic nitrogens is 2. The average molecular weight is 391 g/mol. The number of anilines is 1. The van der Waals surface area contributed by atoms with Crippen LogP contribution in [-0.2, 0) is 4.79 Å². The van der Waals surface area contributed by atoms with Crippen molar-refractivity contribution in [2.45, 2.75) is 58.4 Å². The molecule has 0 bridgehead atoms. The number of fused-ring (bicyclic) bond motifs is 1. The Morgan fingerprint density at radius 2 is 1.76 bits per heavy atom. The van der Waals surface area contributed by atoms with E-state index in [1.165, 1.54) is 35.2 Å². The van der Waals surface area contributed by atoms with Gasteiger partial charge in [0.15, 0.2) is 0 Å². The zero-order chi connectivity index (χ0) is 20.0. The molecule has 2 aromatic rings. The lowest BCUT2D eigenvalue weighted by molar-refractivity contribution is -0.126. The summed E-state index contributed by atoms with van der Waals surface area (Å²) >= 11 is 0. The molecule has 1 N–H and O–H groups in total. The number of allylic oxidation sites excluding steroid dienone is 4. The van der Waals surface area contributed by atoms with Crippen LogP contribution in [-0.4, -0.2) is 34.6 Å². The zero-order valence-corrected chi connectivity index (χ0v) is 17.4. The van der Waals surface area contributed by atoms with E-state index >= 15 is 0 Å². The normalized spacial score (nSPS) is 20.2. The van der Waals surface area contributed by atoms with Crippen molar-refractivity contribution in [3.8, 4) is 0 Å². The maximum Gasteiger partial charge on any atom is 0.223 e. The molecule has 1 saturated carbocycles. The highest BCUT2D eigenvalue weighted by Crippen LogP contribution is 2.33. The molecule has 1 aromatic carbocycles. The maximum absolute atomic E-state index is 12.7. The SMILES string of the molecule is Cc1cc2nc(N3CCC(C(=O)NC4CCCC4)CC3)n(C3=CC=C3)c2cc1C. The van der Waals surface area contributed by atoms with Gasteiger partial charge in [-0.1, -0.05) is 18.9 Å². The van der Waals surface area contributed by atoms with Crippen molar-refractivity contribution in [3.05, 3.63) is 41.5 Å². The van der Waals surface area contributed by atoms with Gasteiger partial charge < -0.3 is 10.2 Å². The van der Waals surface area contributed by atoms with Gasteiger partial charge in [0.05, 0.1) is 11.0 Å². The van der Waals surface area contributed by atoms with E-state index in [0.717, 1.165) is 50.2 Å². The van der Waals surface area contributed by atoms with E-state index in [2.05, 4.69) is 59.0 Å². The molecule has 2 aliphatic carbocycles. The number of carbonyl (C=O) groups is 1. The van der Waals surface area contributed by atoms with Crippen LogP contribution in [0.15, 0.2) is 30.4 Å². The number of nitrogens with one attached hydrogen (secondary N) is 1. The van der Waals surface area contributed by atoms with Gasteiger partial charge in [-0.3, -0.25) is 9.36 Å². The number of hydrogen-bond acceptors (Lipinski definition) is 3. The Morgan fingerprint density at radius 1 is 1.07 bits per heavy atom. The van der Waals surface area contributed by atoms with Gasteiger partial charge in [0.25, 0.3) is 0 Å². The van der Waals surface area contributed by atoms with Crippen LogP contribution in [0.25, 0.3) is 16.7 Å². The van der Waals surface area contributed by atoms with Gasteiger partial charge in [0, 0.05) is 30.7 Å². The largest absolute Gasteiger partial charge is 0.353 e. The Bertz CT molecular complexity index is 1000. The van der Waals surface area contributed by atoms with Crippen LogP contribution in [0.3, 0.4) is 0 Å². The second-order valence-electron chi connectivity index (χ2n) is 8.87. The highest BCUT2D eigenvalue weighted by molar-refractivity contribution is 5.88. The first-order valence-corrected chi connectivity index (χ1v) is 11.0. The Kier molecular flexibility index (Phi) is 4.69.